The Kier molecular flexibility index (Phi) is 8.94. The molecule has 42 heavy (non-hydrogen) atoms. The number of halogens is 2. The zero-order chi connectivity index (χ0) is 30.1. The quantitative estimate of drug-likeness (QED) is 0.276. The van der Waals surface area contributed by atoms with Crippen LogP contribution in [0.1, 0.15) is 61.3 Å². The van der Waals surface area contributed by atoms with Gasteiger partial charge in [-0.1, -0.05) is 60.5 Å². The summed E-state index contributed by atoms with van der Waals surface area (Å²) in [5, 5.41) is 10.9. The zero-order valence-corrected chi connectivity index (χ0v) is 25.4. The van der Waals surface area contributed by atoms with Crippen LogP contribution < -0.4 is 4.72 Å². The standard InChI is InChI=1S/C31H33Cl2N3O5S/c1-31(16-28(37)38)15-26(23-5-2-6-25(33)14-23)29(22-9-11-24(32)12-10-22)36(30(31)39)27(21-7-8-21)18-35-42(40,41)19-20-4-3-13-34-17-20/h2-6,9-14,17,21,26-27,29,35H,7-8,15-16,18-19H2,1H3,(H,37,38)/t26-,27?,29-,31-/m1/s1. The van der Waals surface area contributed by atoms with Crippen molar-refractivity contribution in [3.05, 3.63) is 99.8 Å². The summed E-state index contributed by atoms with van der Waals surface area (Å²) in [6.45, 7) is 1.71. The monoisotopic (exact) mass is 629 g/mol. The van der Waals surface area contributed by atoms with Crippen LogP contribution in [0.5, 0.6) is 0 Å². The van der Waals surface area contributed by atoms with Crippen molar-refractivity contribution in [2.24, 2.45) is 11.3 Å². The smallest absolute Gasteiger partial charge is 0.304 e. The van der Waals surface area contributed by atoms with Gasteiger partial charge in [-0.05, 0) is 72.2 Å². The van der Waals surface area contributed by atoms with Crippen molar-refractivity contribution in [2.45, 2.75) is 56.4 Å². The molecule has 2 heterocycles. The summed E-state index contributed by atoms with van der Waals surface area (Å²) in [7, 11) is -3.76. The van der Waals surface area contributed by atoms with Crippen molar-refractivity contribution in [2.75, 3.05) is 6.54 Å². The predicted octanol–water partition coefficient (Wildman–Crippen LogP) is 5.82. The van der Waals surface area contributed by atoms with Gasteiger partial charge in [-0.2, -0.15) is 0 Å². The van der Waals surface area contributed by atoms with Gasteiger partial charge in [0.15, 0.2) is 0 Å². The van der Waals surface area contributed by atoms with Crippen LogP contribution in [0.15, 0.2) is 73.1 Å². The highest BCUT2D eigenvalue weighted by Gasteiger charge is 2.54. The molecule has 11 heteroatoms. The maximum atomic E-state index is 14.5. The lowest BCUT2D eigenvalue weighted by Gasteiger charge is -2.52. The summed E-state index contributed by atoms with van der Waals surface area (Å²) >= 11 is 12.7. The van der Waals surface area contributed by atoms with Gasteiger partial charge in [0, 0.05) is 40.9 Å². The third-order valence-corrected chi connectivity index (χ3v) is 10.1. The molecule has 222 valence electrons. The second-order valence-electron chi connectivity index (χ2n) is 11.6. The number of carboxylic acids is 1. The molecule has 1 unspecified atom stereocenters. The number of nitrogens with one attached hydrogen (secondary N) is 1. The molecule has 3 aromatic rings. The van der Waals surface area contributed by atoms with E-state index in [9.17, 15) is 23.1 Å². The maximum Gasteiger partial charge on any atom is 0.304 e. The number of aliphatic carboxylic acids is 1. The van der Waals surface area contributed by atoms with Gasteiger partial charge < -0.3 is 10.0 Å². The Hall–Kier alpha value is -2.98. The minimum atomic E-state index is -3.76. The van der Waals surface area contributed by atoms with Gasteiger partial charge in [0.05, 0.1) is 23.6 Å². The van der Waals surface area contributed by atoms with Crippen LogP contribution in [-0.4, -0.2) is 47.9 Å². The minimum absolute atomic E-state index is 0.00844. The number of carbonyl (C=O) groups excluding carboxylic acids is 1. The van der Waals surface area contributed by atoms with Gasteiger partial charge in [-0.15, -0.1) is 0 Å². The number of hydrogen-bond donors (Lipinski definition) is 2. The van der Waals surface area contributed by atoms with E-state index in [2.05, 4.69) is 9.71 Å². The van der Waals surface area contributed by atoms with E-state index in [0.717, 1.165) is 24.0 Å². The molecule has 2 fully saturated rings. The van der Waals surface area contributed by atoms with Crippen molar-refractivity contribution in [1.82, 2.24) is 14.6 Å². The first-order valence-corrected chi connectivity index (χ1v) is 16.3. The fourth-order valence-electron chi connectivity index (χ4n) is 6.18. The Labute approximate surface area is 256 Å². The summed E-state index contributed by atoms with van der Waals surface area (Å²) < 4.78 is 29.0. The van der Waals surface area contributed by atoms with E-state index >= 15 is 0 Å². The number of rotatable bonds is 11. The molecule has 1 aliphatic heterocycles. The van der Waals surface area contributed by atoms with Gasteiger partial charge in [0.2, 0.25) is 15.9 Å². The normalized spacial score (nSPS) is 23.5. The van der Waals surface area contributed by atoms with Crippen molar-refractivity contribution in [3.63, 3.8) is 0 Å². The number of benzene rings is 2. The third kappa shape index (κ3) is 6.97. The van der Waals surface area contributed by atoms with Gasteiger partial charge in [-0.3, -0.25) is 14.6 Å². The summed E-state index contributed by atoms with van der Waals surface area (Å²) in [5.74, 6) is -1.85. The number of carbonyl (C=O) groups is 2. The second kappa shape index (κ2) is 12.3. The molecular formula is C31H33Cl2N3O5S. The van der Waals surface area contributed by atoms with Gasteiger partial charge in [0.25, 0.3) is 0 Å². The van der Waals surface area contributed by atoms with Crippen LogP contribution in [-0.2, 0) is 25.4 Å². The molecule has 5 rings (SSSR count). The van der Waals surface area contributed by atoms with Crippen molar-refractivity contribution < 1.29 is 23.1 Å². The number of carboxylic acid groups (broad SMARTS) is 1. The van der Waals surface area contributed by atoms with Crippen molar-refractivity contribution in [3.8, 4) is 0 Å². The molecule has 2 N–H and O–H groups in total. The van der Waals surface area contributed by atoms with Gasteiger partial charge in [0.1, 0.15) is 0 Å². The topological polar surface area (TPSA) is 117 Å². The highest BCUT2D eigenvalue weighted by Crippen LogP contribution is 2.54. The van der Waals surface area contributed by atoms with Crippen LogP contribution in [0.4, 0.5) is 0 Å². The second-order valence-corrected chi connectivity index (χ2v) is 14.3. The first kappa shape index (κ1) is 30.5. The van der Waals surface area contributed by atoms with Gasteiger partial charge in [-0.25, -0.2) is 13.1 Å². The Morgan fingerprint density at radius 3 is 2.45 bits per heavy atom. The first-order chi connectivity index (χ1) is 20.0. The minimum Gasteiger partial charge on any atom is -0.481 e. The van der Waals surface area contributed by atoms with Crippen LogP contribution in [0.3, 0.4) is 0 Å². The fourth-order valence-corrected chi connectivity index (χ4v) is 7.65. The number of likely N-dealkylation sites (tertiary alicyclic amines) is 1. The lowest BCUT2D eigenvalue weighted by molar-refractivity contribution is -0.161. The summed E-state index contributed by atoms with van der Waals surface area (Å²) in [5.41, 5.74) is 1.04. The highest BCUT2D eigenvalue weighted by atomic mass is 35.5. The van der Waals surface area contributed by atoms with E-state index < -0.39 is 33.5 Å². The van der Waals surface area contributed by atoms with Crippen molar-refractivity contribution >= 4 is 45.1 Å². The molecule has 1 saturated carbocycles. The average Bonchev–Trinajstić information content (AvgIpc) is 3.77. The largest absolute Gasteiger partial charge is 0.481 e. The Morgan fingerprint density at radius 1 is 1.10 bits per heavy atom. The SMILES string of the molecule is C[C@]1(CC(=O)O)C[C@H](c2cccc(Cl)c2)[C@@H](c2ccc(Cl)cc2)N(C(CNS(=O)(=O)Cc2cccnc2)C2CC2)C1=O. The van der Waals surface area contributed by atoms with E-state index in [-0.39, 0.29) is 42.9 Å². The summed E-state index contributed by atoms with van der Waals surface area (Å²) in [4.78, 5) is 32.3. The molecule has 1 saturated heterocycles. The third-order valence-electron chi connectivity index (χ3n) is 8.25. The molecule has 1 aliphatic carbocycles. The lowest BCUT2D eigenvalue weighted by atomic mass is 9.67. The number of hydrogen-bond acceptors (Lipinski definition) is 5. The Morgan fingerprint density at radius 2 is 1.83 bits per heavy atom. The molecule has 2 aromatic carbocycles. The average molecular weight is 631 g/mol. The molecule has 4 atom stereocenters. The maximum absolute atomic E-state index is 14.5. The number of pyridine rings is 1. The molecular weight excluding hydrogens is 597 g/mol. The van der Waals surface area contributed by atoms with Crippen molar-refractivity contribution in [1.29, 1.82) is 0 Å². The van der Waals surface area contributed by atoms with E-state index in [1.807, 2.05) is 30.3 Å². The number of piperidine rings is 1. The molecule has 2 aliphatic rings. The van der Waals surface area contributed by atoms with Gasteiger partial charge >= 0.3 is 5.97 Å². The number of aromatic nitrogens is 1. The first-order valence-electron chi connectivity index (χ1n) is 13.9. The Balaban J connectivity index is 1.58. The van der Waals surface area contributed by atoms with E-state index in [0.29, 0.717) is 15.6 Å². The van der Waals surface area contributed by atoms with E-state index in [1.165, 1.54) is 6.20 Å². The lowest BCUT2D eigenvalue weighted by Crippen LogP contribution is -2.59. The summed E-state index contributed by atoms with van der Waals surface area (Å²) in [6, 6.07) is 17.1. The summed E-state index contributed by atoms with van der Waals surface area (Å²) in [6.07, 6.45) is 4.70. The molecule has 1 amide bonds. The fraction of sp³-hybridized carbons (Fsp3) is 0.387. The number of nitrogens with zero attached hydrogens (tertiary/aromatic N) is 2. The van der Waals surface area contributed by atoms with Crippen LogP contribution >= 0.6 is 23.2 Å². The predicted molar refractivity (Wildman–Crippen MR) is 162 cm³/mol. The molecule has 1 aromatic heterocycles. The highest BCUT2D eigenvalue weighted by molar-refractivity contribution is 7.88. The molecule has 0 radical (unpaired) electrons. The van der Waals surface area contributed by atoms with Crippen LogP contribution in [0, 0.1) is 11.3 Å². The van der Waals surface area contributed by atoms with Crippen LogP contribution in [0.2, 0.25) is 10.0 Å². The van der Waals surface area contributed by atoms with E-state index in [4.69, 9.17) is 23.2 Å². The Bertz CT molecular complexity index is 1550. The molecule has 0 spiro atoms. The molecule has 8 nitrogen and oxygen atoms in total. The molecule has 0 bridgehead atoms. The van der Waals surface area contributed by atoms with Crippen LogP contribution in [0.25, 0.3) is 0 Å². The number of sulfonamides is 1. The zero-order valence-electron chi connectivity index (χ0n) is 23.1. The number of amides is 1. The van der Waals surface area contributed by atoms with E-state index in [1.54, 1.807) is 48.4 Å².